The van der Waals surface area contributed by atoms with Gasteiger partial charge in [0.2, 0.25) is 0 Å². The van der Waals surface area contributed by atoms with Gasteiger partial charge in [0.15, 0.2) is 5.17 Å². The Balaban J connectivity index is 2.25. The fourth-order valence-corrected chi connectivity index (χ4v) is 2.45. The van der Waals surface area contributed by atoms with Gasteiger partial charge in [-0.15, -0.1) is 0 Å². The van der Waals surface area contributed by atoms with Crippen molar-refractivity contribution < 1.29 is 0 Å². The SMILES string of the molecule is CCc1cccc(C)c1NC1=NCCS1. The number of benzene rings is 1. The molecule has 0 aliphatic carbocycles. The van der Waals surface area contributed by atoms with Crippen molar-refractivity contribution in [2.24, 2.45) is 4.99 Å². The third-order valence-corrected chi connectivity index (χ3v) is 3.45. The fourth-order valence-electron chi connectivity index (χ4n) is 1.72. The smallest absolute Gasteiger partial charge is 0.161 e. The summed E-state index contributed by atoms with van der Waals surface area (Å²) in [5.41, 5.74) is 3.91. The van der Waals surface area contributed by atoms with E-state index in [1.165, 1.54) is 16.8 Å². The first-order chi connectivity index (χ1) is 7.31. The van der Waals surface area contributed by atoms with Gasteiger partial charge in [-0.25, -0.2) is 0 Å². The monoisotopic (exact) mass is 220 g/mol. The average Bonchev–Trinajstić information content (AvgIpc) is 2.74. The van der Waals surface area contributed by atoms with Crippen molar-refractivity contribution in [2.75, 3.05) is 17.6 Å². The highest BCUT2D eigenvalue weighted by Gasteiger charge is 2.10. The summed E-state index contributed by atoms with van der Waals surface area (Å²) in [5.74, 6) is 1.11. The second kappa shape index (κ2) is 4.71. The van der Waals surface area contributed by atoms with Crippen LogP contribution in [0.4, 0.5) is 5.69 Å². The first kappa shape index (κ1) is 10.6. The Morgan fingerprint density at radius 2 is 2.33 bits per heavy atom. The van der Waals surface area contributed by atoms with Gasteiger partial charge < -0.3 is 5.32 Å². The first-order valence-corrected chi connectivity index (χ1v) is 6.32. The van der Waals surface area contributed by atoms with Crippen LogP contribution < -0.4 is 5.32 Å². The van der Waals surface area contributed by atoms with E-state index in [2.05, 4.69) is 42.4 Å². The van der Waals surface area contributed by atoms with E-state index in [-0.39, 0.29) is 0 Å². The van der Waals surface area contributed by atoms with Crippen LogP contribution in [0.25, 0.3) is 0 Å². The molecule has 3 heteroatoms. The molecule has 1 heterocycles. The fraction of sp³-hybridized carbons (Fsp3) is 0.417. The molecule has 1 aromatic rings. The Bertz CT molecular complexity index is 385. The molecule has 2 rings (SSSR count). The molecule has 0 saturated heterocycles. The molecule has 0 amide bonds. The molecule has 2 nitrogen and oxygen atoms in total. The number of nitrogens with one attached hydrogen (secondary N) is 1. The summed E-state index contributed by atoms with van der Waals surface area (Å²) in [6.45, 7) is 5.27. The minimum Gasteiger partial charge on any atom is -0.335 e. The summed E-state index contributed by atoms with van der Waals surface area (Å²) in [5, 5.41) is 4.51. The Morgan fingerprint density at radius 1 is 1.47 bits per heavy atom. The molecule has 1 aliphatic heterocycles. The summed E-state index contributed by atoms with van der Waals surface area (Å²) in [7, 11) is 0. The Labute approximate surface area is 95.2 Å². The summed E-state index contributed by atoms with van der Waals surface area (Å²) >= 11 is 1.80. The molecule has 1 aliphatic rings. The van der Waals surface area contributed by atoms with Crippen LogP contribution in [0.15, 0.2) is 23.2 Å². The predicted octanol–water partition coefficient (Wildman–Crippen LogP) is 3.07. The molecule has 1 aromatic carbocycles. The maximum absolute atomic E-state index is 4.42. The quantitative estimate of drug-likeness (QED) is 0.828. The maximum atomic E-state index is 4.42. The van der Waals surface area contributed by atoms with Gasteiger partial charge in [-0.2, -0.15) is 0 Å². The van der Waals surface area contributed by atoms with E-state index in [9.17, 15) is 0 Å². The van der Waals surface area contributed by atoms with Gasteiger partial charge >= 0.3 is 0 Å². The van der Waals surface area contributed by atoms with Gasteiger partial charge in [0.05, 0.1) is 6.54 Å². The summed E-state index contributed by atoms with van der Waals surface area (Å²) < 4.78 is 0. The van der Waals surface area contributed by atoms with Crippen molar-refractivity contribution in [1.29, 1.82) is 0 Å². The van der Waals surface area contributed by atoms with Gasteiger partial charge in [-0.1, -0.05) is 36.9 Å². The van der Waals surface area contributed by atoms with Crippen LogP contribution in [0, 0.1) is 6.92 Å². The van der Waals surface area contributed by atoms with E-state index in [1.807, 2.05) is 0 Å². The molecule has 1 N–H and O–H groups in total. The molecule has 80 valence electrons. The van der Waals surface area contributed by atoms with Crippen LogP contribution >= 0.6 is 11.8 Å². The Hall–Kier alpha value is -0.960. The molecule has 0 radical (unpaired) electrons. The van der Waals surface area contributed by atoms with Gasteiger partial charge in [-0.3, -0.25) is 4.99 Å². The first-order valence-electron chi connectivity index (χ1n) is 5.34. The molecule has 0 bridgehead atoms. The van der Waals surface area contributed by atoms with E-state index >= 15 is 0 Å². The molecule has 0 spiro atoms. The lowest BCUT2D eigenvalue weighted by Crippen LogP contribution is -2.08. The Morgan fingerprint density at radius 3 is 3.00 bits per heavy atom. The number of aryl methyl sites for hydroxylation is 2. The van der Waals surface area contributed by atoms with E-state index in [4.69, 9.17) is 0 Å². The summed E-state index contributed by atoms with van der Waals surface area (Å²) in [4.78, 5) is 4.42. The van der Waals surface area contributed by atoms with Crippen LogP contribution in [0.5, 0.6) is 0 Å². The topological polar surface area (TPSA) is 24.4 Å². The number of rotatable bonds is 2. The van der Waals surface area contributed by atoms with Crippen LogP contribution in [0.2, 0.25) is 0 Å². The highest BCUT2D eigenvalue weighted by Crippen LogP contribution is 2.23. The number of hydrogen-bond acceptors (Lipinski definition) is 3. The standard InChI is InChI=1S/C12H16N2S/c1-3-10-6-4-5-9(2)11(10)14-12-13-7-8-15-12/h4-6H,3,7-8H2,1-2H3,(H,13,14). The van der Waals surface area contributed by atoms with E-state index in [1.54, 1.807) is 11.8 Å². The molecule has 15 heavy (non-hydrogen) atoms. The van der Waals surface area contributed by atoms with Crippen molar-refractivity contribution in [3.63, 3.8) is 0 Å². The van der Waals surface area contributed by atoms with Crippen molar-refractivity contribution in [1.82, 2.24) is 0 Å². The lowest BCUT2D eigenvalue weighted by Gasteiger charge is -2.13. The molecule has 0 unspecified atom stereocenters. The van der Waals surface area contributed by atoms with Gasteiger partial charge in [0, 0.05) is 11.4 Å². The highest BCUT2D eigenvalue weighted by molar-refractivity contribution is 8.14. The van der Waals surface area contributed by atoms with Crippen LogP contribution in [-0.2, 0) is 6.42 Å². The number of nitrogens with zero attached hydrogens (tertiary/aromatic N) is 1. The largest absolute Gasteiger partial charge is 0.335 e. The zero-order chi connectivity index (χ0) is 10.7. The minimum absolute atomic E-state index is 0.945. The third kappa shape index (κ3) is 2.34. The van der Waals surface area contributed by atoms with E-state index in [0.717, 1.165) is 23.9 Å². The number of thioether (sulfide) groups is 1. The van der Waals surface area contributed by atoms with Gasteiger partial charge in [-0.05, 0) is 24.5 Å². The number of hydrogen-bond donors (Lipinski definition) is 1. The van der Waals surface area contributed by atoms with Crippen LogP contribution in [0.3, 0.4) is 0 Å². The highest BCUT2D eigenvalue weighted by atomic mass is 32.2. The summed E-state index contributed by atoms with van der Waals surface area (Å²) in [6.07, 6.45) is 1.06. The van der Waals surface area contributed by atoms with Crippen LogP contribution in [0.1, 0.15) is 18.1 Å². The van der Waals surface area contributed by atoms with Gasteiger partial charge in [0.1, 0.15) is 0 Å². The molecule has 0 atom stereocenters. The number of anilines is 1. The number of amidine groups is 1. The number of aliphatic imine (C=N–C) groups is 1. The second-order valence-corrected chi connectivity index (χ2v) is 4.71. The molecule has 0 saturated carbocycles. The zero-order valence-corrected chi connectivity index (χ0v) is 10.0. The molecular formula is C12H16N2S. The normalized spacial score (nSPS) is 15.2. The van der Waals surface area contributed by atoms with E-state index in [0.29, 0.717) is 0 Å². The Kier molecular flexibility index (Phi) is 3.31. The molecular weight excluding hydrogens is 204 g/mol. The van der Waals surface area contributed by atoms with Crippen molar-refractivity contribution >= 4 is 22.6 Å². The minimum atomic E-state index is 0.945. The van der Waals surface area contributed by atoms with Crippen molar-refractivity contribution in [3.8, 4) is 0 Å². The van der Waals surface area contributed by atoms with Crippen molar-refractivity contribution in [3.05, 3.63) is 29.3 Å². The number of para-hydroxylation sites is 1. The lowest BCUT2D eigenvalue weighted by molar-refractivity contribution is 1.13. The lowest BCUT2D eigenvalue weighted by atomic mass is 10.1. The van der Waals surface area contributed by atoms with Crippen LogP contribution in [-0.4, -0.2) is 17.5 Å². The summed E-state index contributed by atoms with van der Waals surface area (Å²) in [6, 6.07) is 6.43. The van der Waals surface area contributed by atoms with Gasteiger partial charge in [0.25, 0.3) is 0 Å². The molecule has 0 fully saturated rings. The predicted molar refractivity (Wildman–Crippen MR) is 68.9 cm³/mol. The van der Waals surface area contributed by atoms with E-state index < -0.39 is 0 Å². The molecule has 0 aromatic heterocycles. The maximum Gasteiger partial charge on any atom is 0.161 e. The third-order valence-electron chi connectivity index (χ3n) is 2.56. The zero-order valence-electron chi connectivity index (χ0n) is 9.21. The average molecular weight is 220 g/mol. The second-order valence-electron chi connectivity index (χ2n) is 3.62. The van der Waals surface area contributed by atoms with Crippen molar-refractivity contribution in [2.45, 2.75) is 20.3 Å².